The Bertz CT molecular complexity index is 2210. The third-order valence-corrected chi connectivity index (χ3v) is 9.69. The van der Waals surface area contributed by atoms with E-state index in [1.54, 1.807) is 24.3 Å². The summed E-state index contributed by atoms with van der Waals surface area (Å²) in [6.07, 6.45) is -0.636. The van der Waals surface area contributed by atoms with E-state index in [9.17, 15) is 19.8 Å². The molecule has 0 bridgehead atoms. The van der Waals surface area contributed by atoms with Crippen LogP contribution in [0.4, 0.5) is 0 Å². The van der Waals surface area contributed by atoms with Crippen LogP contribution in [0.3, 0.4) is 0 Å². The van der Waals surface area contributed by atoms with Crippen molar-refractivity contribution in [2.24, 2.45) is 20.0 Å². The zero-order valence-corrected chi connectivity index (χ0v) is 29.1. The molecule has 0 amide bonds. The van der Waals surface area contributed by atoms with Gasteiger partial charge in [-0.2, -0.15) is 0 Å². The van der Waals surface area contributed by atoms with E-state index in [1.165, 1.54) is 0 Å². The van der Waals surface area contributed by atoms with Crippen molar-refractivity contribution in [3.8, 4) is 0 Å². The molecule has 6 aromatic rings. The number of hydrogen-bond donors (Lipinski definition) is 2. The van der Waals surface area contributed by atoms with Crippen LogP contribution in [0.25, 0.3) is 0 Å². The Labute approximate surface area is 312 Å². The van der Waals surface area contributed by atoms with Crippen molar-refractivity contribution >= 4 is 34.8 Å². The summed E-state index contributed by atoms with van der Waals surface area (Å²) >= 11 is 0. The first-order chi connectivity index (χ1) is 26.4. The number of aliphatic carboxylic acids is 2. The van der Waals surface area contributed by atoms with E-state index in [-0.39, 0.29) is 12.8 Å². The van der Waals surface area contributed by atoms with E-state index in [0.717, 1.165) is 22.3 Å². The lowest BCUT2D eigenvalue weighted by molar-refractivity contribution is -0.137. The number of carboxylic acid groups (broad SMARTS) is 2. The molecule has 8 heteroatoms. The van der Waals surface area contributed by atoms with E-state index >= 15 is 0 Å². The first kappa shape index (κ1) is 34.0. The number of carbonyl (C=O) groups is 2. The molecule has 2 aliphatic heterocycles. The van der Waals surface area contributed by atoms with Crippen LogP contribution < -0.4 is 0 Å². The lowest BCUT2D eigenvalue weighted by atomic mass is 9.77. The van der Waals surface area contributed by atoms with Gasteiger partial charge in [-0.1, -0.05) is 170 Å². The van der Waals surface area contributed by atoms with Gasteiger partial charge in [0.1, 0.15) is 0 Å². The summed E-state index contributed by atoms with van der Waals surface area (Å²) in [6.45, 7) is 0. The van der Waals surface area contributed by atoms with E-state index < -0.39 is 23.3 Å². The van der Waals surface area contributed by atoms with Crippen molar-refractivity contribution < 1.29 is 19.8 Å². The monoisotopic (exact) mass is 706 g/mol. The average Bonchev–Trinajstić information content (AvgIpc) is 3.82. The summed E-state index contributed by atoms with van der Waals surface area (Å²) in [5.41, 5.74) is 3.89. The molecule has 2 aliphatic rings. The fourth-order valence-corrected chi connectivity index (χ4v) is 7.38. The summed E-state index contributed by atoms with van der Waals surface area (Å²) in [4.78, 5) is 47.7. The Morgan fingerprint density at radius 3 is 0.870 bits per heavy atom. The molecule has 54 heavy (non-hydrogen) atoms. The number of benzene rings is 6. The second-order valence-corrected chi connectivity index (χ2v) is 13.1. The van der Waals surface area contributed by atoms with Gasteiger partial charge in [0.25, 0.3) is 0 Å². The van der Waals surface area contributed by atoms with Gasteiger partial charge in [-0.25, -0.2) is 20.0 Å². The van der Waals surface area contributed by atoms with Crippen molar-refractivity contribution in [3.05, 3.63) is 214 Å². The highest BCUT2D eigenvalue weighted by Crippen LogP contribution is 2.56. The largest absolute Gasteiger partial charge is 0.481 e. The summed E-state index contributed by atoms with van der Waals surface area (Å²) in [5, 5.41) is 20.5. The fourth-order valence-electron chi connectivity index (χ4n) is 7.38. The second kappa shape index (κ2) is 14.2. The topological polar surface area (TPSA) is 124 Å². The van der Waals surface area contributed by atoms with Crippen LogP contribution >= 0.6 is 0 Å². The molecule has 0 radical (unpaired) electrons. The van der Waals surface area contributed by atoms with Crippen molar-refractivity contribution in [3.63, 3.8) is 0 Å². The summed E-state index contributed by atoms with van der Waals surface area (Å²) in [7, 11) is 0. The van der Waals surface area contributed by atoms with Crippen LogP contribution in [0.15, 0.2) is 190 Å². The van der Waals surface area contributed by atoms with Crippen LogP contribution in [0.1, 0.15) is 44.5 Å². The molecular weight excluding hydrogens is 673 g/mol. The predicted molar refractivity (Wildman–Crippen MR) is 211 cm³/mol. The molecule has 0 aliphatic carbocycles. The van der Waals surface area contributed by atoms with Crippen LogP contribution in [-0.2, 0) is 33.8 Å². The highest BCUT2D eigenvalue weighted by molar-refractivity contribution is 6.55. The fraction of sp³-hybridized carbons (Fsp3) is 0.0870. The minimum atomic E-state index is -1.76. The van der Waals surface area contributed by atoms with E-state index in [2.05, 4.69) is 0 Å². The molecule has 2 N–H and O–H groups in total. The SMILES string of the molecule is O=C(O)Cc1ccccc1C1(C2(c3ccccc3CC(=O)O)N=C(c3ccccc3)C(c3ccccc3)=N2)N=C(c2ccccc2)C(c2ccccc2)=N1. The lowest BCUT2D eigenvalue weighted by Gasteiger charge is -2.40. The van der Waals surface area contributed by atoms with E-state index in [1.807, 2.05) is 146 Å². The highest BCUT2D eigenvalue weighted by Gasteiger charge is 2.61. The zero-order chi connectivity index (χ0) is 37.1. The van der Waals surface area contributed by atoms with Crippen molar-refractivity contribution in [1.82, 2.24) is 0 Å². The number of carboxylic acids is 2. The molecule has 262 valence electrons. The first-order valence-electron chi connectivity index (χ1n) is 17.6. The molecule has 0 atom stereocenters. The molecule has 8 rings (SSSR count). The van der Waals surface area contributed by atoms with Gasteiger partial charge in [-0.3, -0.25) is 9.59 Å². The predicted octanol–water partition coefficient (Wildman–Crippen LogP) is 7.93. The first-order valence-corrected chi connectivity index (χ1v) is 17.6. The molecule has 0 spiro atoms. The minimum Gasteiger partial charge on any atom is -0.481 e. The smallest absolute Gasteiger partial charge is 0.307 e. The van der Waals surface area contributed by atoms with Gasteiger partial charge in [-0.05, 0) is 11.1 Å². The van der Waals surface area contributed by atoms with Gasteiger partial charge in [0.15, 0.2) is 0 Å². The van der Waals surface area contributed by atoms with Gasteiger partial charge in [0, 0.05) is 33.4 Å². The lowest BCUT2D eigenvalue weighted by Crippen LogP contribution is -2.44. The number of rotatable bonds is 11. The van der Waals surface area contributed by atoms with Crippen LogP contribution in [-0.4, -0.2) is 45.0 Å². The Balaban J connectivity index is 1.59. The Kier molecular flexibility index (Phi) is 8.93. The maximum absolute atomic E-state index is 12.5. The highest BCUT2D eigenvalue weighted by atomic mass is 16.4. The molecule has 0 fully saturated rings. The molecular formula is C46H34N4O4. The third-order valence-electron chi connectivity index (χ3n) is 9.69. The van der Waals surface area contributed by atoms with Gasteiger partial charge >= 0.3 is 11.9 Å². The molecule has 0 unspecified atom stereocenters. The van der Waals surface area contributed by atoms with Crippen molar-refractivity contribution in [2.45, 2.75) is 24.2 Å². The van der Waals surface area contributed by atoms with Crippen LogP contribution in [0.5, 0.6) is 0 Å². The summed E-state index contributed by atoms with van der Waals surface area (Å²) in [5.74, 6) is -2.05. The quantitative estimate of drug-likeness (QED) is 0.142. The van der Waals surface area contributed by atoms with Gasteiger partial charge < -0.3 is 10.2 Å². The molecule has 2 heterocycles. The van der Waals surface area contributed by atoms with Crippen LogP contribution in [0, 0.1) is 0 Å². The van der Waals surface area contributed by atoms with Crippen molar-refractivity contribution in [1.29, 1.82) is 0 Å². The zero-order valence-electron chi connectivity index (χ0n) is 29.1. The molecule has 0 aromatic heterocycles. The molecule has 8 nitrogen and oxygen atoms in total. The maximum atomic E-state index is 12.5. The average molecular weight is 707 g/mol. The Morgan fingerprint density at radius 2 is 0.611 bits per heavy atom. The normalized spacial score (nSPS) is 15.5. The molecule has 0 saturated carbocycles. The molecule has 0 saturated heterocycles. The number of nitrogens with zero attached hydrogens (tertiary/aromatic N) is 4. The number of hydrogen-bond acceptors (Lipinski definition) is 6. The van der Waals surface area contributed by atoms with Gasteiger partial charge in [0.05, 0.1) is 35.7 Å². The number of aliphatic imine (C=N–C) groups is 4. The van der Waals surface area contributed by atoms with Crippen LogP contribution in [0.2, 0.25) is 0 Å². The standard InChI is InChI=1S/C46H34N4O4/c51-39(52)29-35-25-13-15-27-37(35)45(47-41(31-17-5-1-6-18-31)42(48-45)32-19-7-2-8-20-32)46(38-28-16-14-26-36(38)30-40(53)54)49-43(33-21-9-3-10-22-33)44(50-46)34-23-11-4-12-24-34/h1-28H,29-30H2,(H,51,52)(H,53,54). The second-order valence-electron chi connectivity index (χ2n) is 13.1. The van der Waals surface area contributed by atoms with Crippen molar-refractivity contribution in [2.75, 3.05) is 0 Å². The van der Waals surface area contributed by atoms with E-state index in [4.69, 9.17) is 20.0 Å². The summed E-state index contributed by atoms with van der Waals surface area (Å²) < 4.78 is 0. The summed E-state index contributed by atoms with van der Waals surface area (Å²) in [6, 6.07) is 53.4. The third kappa shape index (κ3) is 6.03. The Hall–Kier alpha value is -7.06. The minimum absolute atomic E-state index is 0.318. The van der Waals surface area contributed by atoms with Gasteiger partial charge in [-0.15, -0.1) is 0 Å². The van der Waals surface area contributed by atoms with E-state index in [0.29, 0.717) is 45.1 Å². The Morgan fingerprint density at radius 1 is 0.370 bits per heavy atom. The van der Waals surface area contributed by atoms with Gasteiger partial charge in [0.2, 0.25) is 11.3 Å². The molecule has 6 aromatic carbocycles. The maximum Gasteiger partial charge on any atom is 0.307 e.